The Balaban J connectivity index is 2.17. The fourth-order valence-corrected chi connectivity index (χ4v) is 1.75. The fraction of sp³-hybridized carbons (Fsp3) is 0.455. The minimum absolute atomic E-state index is 0.273. The van der Waals surface area contributed by atoms with E-state index in [0.29, 0.717) is 0 Å². The van der Waals surface area contributed by atoms with Crippen LogP contribution in [0.5, 0.6) is 0 Å². The molecule has 0 aliphatic heterocycles. The van der Waals surface area contributed by atoms with E-state index in [-0.39, 0.29) is 5.92 Å². The van der Waals surface area contributed by atoms with Gasteiger partial charge in [0.25, 0.3) is 0 Å². The molecule has 4 heteroatoms. The lowest BCUT2D eigenvalue weighted by atomic mass is 10.0. The van der Waals surface area contributed by atoms with Crippen LogP contribution in [0.2, 0.25) is 0 Å². The van der Waals surface area contributed by atoms with Crippen LogP contribution in [0.3, 0.4) is 0 Å². The van der Waals surface area contributed by atoms with Crippen LogP contribution < -0.4 is 0 Å². The Morgan fingerprint density at radius 2 is 1.73 bits per heavy atom. The molecule has 0 amide bonds. The van der Waals surface area contributed by atoms with Gasteiger partial charge in [0.05, 0.1) is 5.92 Å². The molecule has 0 saturated heterocycles. The Kier molecular flexibility index (Phi) is 3.17. The quantitative estimate of drug-likeness (QED) is 0.786. The van der Waals surface area contributed by atoms with Gasteiger partial charge in [-0.3, -0.25) is 0 Å². The molecule has 80 valence electrons. The van der Waals surface area contributed by atoms with Gasteiger partial charge in [-0.2, -0.15) is 0 Å². The molecule has 0 saturated carbocycles. The highest BCUT2D eigenvalue weighted by Crippen LogP contribution is 2.24. The molecule has 4 nitrogen and oxygen atoms in total. The second kappa shape index (κ2) is 4.77. The first-order valence-corrected chi connectivity index (χ1v) is 5.40. The zero-order chi connectivity index (χ0) is 10.5. The molecule has 0 fully saturated rings. The van der Waals surface area contributed by atoms with Gasteiger partial charge in [0.15, 0.2) is 0 Å². The van der Waals surface area contributed by atoms with Crippen LogP contribution in [-0.2, 0) is 0 Å². The van der Waals surface area contributed by atoms with Crippen molar-refractivity contribution < 1.29 is 0 Å². The summed E-state index contributed by atoms with van der Waals surface area (Å²) in [5, 5.41) is 0. The van der Waals surface area contributed by atoms with Crippen LogP contribution in [0.4, 0.5) is 0 Å². The predicted octanol–water partition coefficient (Wildman–Crippen LogP) is 2.45. The predicted molar refractivity (Wildman–Crippen MR) is 58.5 cm³/mol. The van der Waals surface area contributed by atoms with Gasteiger partial charge in [-0.1, -0.05) is 19.8 Å². The van der Waals surface area contributed by atoms with Crippen molar-refractivity contribution in [3.05, 3.63) is 36.4 Å². The number of imidazole rings is 2. The number of hydrogen-bond donors (Lipinski definition) is 2. The van der Waals surface area contributed by atoms with Crippen molar-refractivity contribution in [2.75, 3.05) is 0 Å². The minimum Gasteiger partial charge on any atom is -0.348 e. The number of hydrogen-bond acceptors (Lipinski definition) is 2. The smallest absolute Gasteiger partial charge is 0.116 e. The van der Waals surface area contributed by atoms with Crippen molar-refractivity contribution in [3.63, 3.8) is 0 Å². The molecule has 0 aliphatic carbocycles. The lowest BCUT2D eigenvalue weighted by Crippen LogP contribution is -2.05. The van der Waals surface area contributed by atoms with Gasteiger partial charge in [0, 0.05) is 24.8 Å². The normalized spacial score (nSPS) is 11.1. The first-order chi connectivity index (χ1) is 7.42. The second-order valence-corrected chi connectivity index (χ2v) is 3.64. The molecule has 0 aliphatic rings. The Morgan fingerprint density at radius 3 is 2.13 bits per heavy atom. The molecule has 2 aromatic heterocycles. The van der Waals surface area contributed by atoms with Crippen LogP contribution in [0.15, 0.2) is 24.8 Å². The number of nitrogens with zero attached hydrogens (tertiary/aromatic N) is 2. The molecule has 15 heavy (non-hydrogen) atoms. The Labute approximate surface area is 89.2 Å². The number of H-pyrrole nitrogens is 2. The first kappa shape index (κ1) is 9.96. The number of nitrogens with one attached hydrogen (secondary N) is 2. The number of aromatic amines is 2. The van der Waals surface area contributed by atoms with E-state index < -0.39 is 0 Å². The van der Waals surface area contributed by atoms with Crippen LogP contribution in [-0.4, -0.2) is 19.9 Å². The third kappa shape index (κ3) is 2.26. The van der Waals surface area contributed by atoms with Gasteiger partial charge in [0.1, 0.15) is 11.6 Å². The van der Waals surface area contributed by atoms with E-state index >= 15 is 0 Å². The summed E-state index contributed by atoms with van der Waals surface area (Å²) in [5.41, 5.74) is 0. The largest absolute Gasteiger partial charge is 0.348 e. The summed E-state index contributed by atoms with van der Waals surface area (Å²) in [7, 11) is 0. The van der Waals surface area contributed by atoms with Crippen LogP contribution >= 0.6 is 0 Å². The van der Waals surface area contributed by atoms with Crippen LogP contribution in [0.25, 0.3) is 0 Å². The molecule has 0 spiro atoms. The molecular weight excluding hydrogens is 188 g/mol. The molecule has 2 heterocycles. The van der Waals surface area contributed by atoms with E-state index in [4.69, 9.17) is 0 Å². The van der Waals surface area contributed by atoms with Crippen molar-refractivity contribution in [2.24, 2.45) is 0 Å². The summed E-state index contributed by atoms with van der Waals surface area (Å²) in [4.78, 5) is 14.9. The molecule has 2 rings (SSSR count). The fourth-order valence-electron chi connectivity index (χ4n) is 1.75. The molecular formula is C11H16N4. The summed E-state index contributed by atoms with van der Waals surface area (Å²) in [6, 6.07) is 0. The highest BCUT2D eigenvalue weighted by molar-refractivity contribution is 5.11. The van der Waals surface area contributed by atoms with Gasteiger partial charge in [-0.15, -0.1) is 0 Å². The standard InChI is InChI=1S/C11H16N4/c1-2-3-4-9(10-12-5-6-13-10)11-14-7-8-15-11/h5-9H,2-4H2,1H3,(H,12,13)(H,14,15). The first-order valence-electron chi connectivity index (χ1n) is 5.40. The molecule has 2 aromatic rings. The Hall–Kier alpha value is -1.58. The summed E-state index contributed by atoms with van der Waals surface area (Å²) in [5.74, 6) is 2.27. The topological polar surface area (TPSA) is 57.4 Å². The van der Waals surface area contributed by atoms with Crippen molar-refractivity contribution >= 4 is 0 Å². The summed E-state index contributed by atoms with van der Waals surface area (Å²) < 4.78 is 0. The number of unbranched alkanes of at least 4 members (excludes halogenated alkanes) is 1. The Bertz CT molecular complexity index is 329. The van der Waals surface area contributed by atoms with Crippen LogP contribution in [0.1, 0.15) is 43.8 Å². The number of rotatable bonds is 5. The van der Waals surface area contributed by atoms with E-state index in [1.807, 2.05) is 12.4 Å². The van der Waals surface area contributed by atoms with Crippen molar-refractivity contribution in [2.45, 2.75) is 32.1 Å². The van der Waals surface area contributed by atoms with E-state index in [1.165, 1.54) is 12.8 Å². The highest BCUT2D eigenvalue weighted by Gasteiger charge is 2.17. The van der Waals surface area contributed by atoms with Gasteiger partial charge in [-0.25, -0.2) is 9.97 Å². The zero-order valence-corrected chi connectivity index (χ0v) is 8.90. The van der Waals surface area contributed by atoms with Crippen LogP contribution in [0, 0.1) is 0 Å². The molecule has 0 radical (unpaired) electrons. The van der Waals surface area contributed by atoms with Gasteiger partial charge < -0.3 is 9.97 Å². The van der Waals surface area contributed by atoms with E-state index in [1.54, 1.807) is 12.4 Å². The van der Waals surface area contributed by atoms with E-state index in [2.05, 4.69) is 26.9 Å². The maximum Gasteiger partial charge on any atom is 0.116 e. The maximum atomic E-state index is 4.31. The Morgan fingerprint density at radius 1 is 1.13 bits per heavy atom. The molecule has 0 atom stereocenters. The highest BCUT2D eigenvalue weighted by atomic mass is 15.0. The average Bonchev–Trinajstić information content (AvgIpc) is 2.90. The lowest BCUT2D eigenvalue weighted by molar-refractivity contribution is 0.605. The molecule has 0 bridgehead atoms. The van der Waals surface area contributed by atoms with Crippen molar-refractivity contribution in [1.82, 2.24) is 19.9 Å². The van der Waals surface area contributed by atoms with Gasteiger partial charge in [0.2, 0.25) is 0 Å². The average molecular weight is 204 g/mol. The summed E-state index contributed by atoms with van der Waals surface area (Å²) in [6.07, 6.45) is 10.8. The third-order valence-corrected chi connectivity index (χ3v) is 2.55. The van der Waals surface area contributed by atoms with Gasteiger partial charge >= 0.3 is 0 Å². The molecule has 2 N–H and O–H groups in total. The van der Waals surface area contributed by atoms with E-state index in [0.717, 1.165) is 18.1 Å². The second-order valence-electron chi connectivity index (χ2n) is 3.64. The molecule has 0 aromatic carbocycles. The summed E-state index contributed by atoms with van der Waals surface area (Å²) in [6.45, 7) is 2.20. The SMILES string of the molecule is CCCCC(c1ncc[nH]1)c1ncc[nH]1. The third-order valence-electron chi connectivity index (χ3n) is 2.55. The summed E-state index contributed by atoms with van der Waals surface area (Å²) >= 11 is 0. The maximum absolute atomic E-state index is 4.31. The van der Waals surface area contributed by atoms with Crippen molar-refractivity contribution in [1.29, 1.82) is 0 Å². The zero-order valence-electron chi connectivity index (χ0n) is 8.90. The van der Waals surface area contributed by atoms with Gasteiger partial charge in [-0.05, 0) is 6.42 Å². The van der Waals surface area contributed by atoms with E-state index in [9.17, 15) is 0 Å². The van der Waals surface area contributed by atoms with Crippen molar-refractivity contribution in [3.8, 4) is 0 Å². The monoisotopic (exact) mass is 204 g/mol. The minimum atomic E-state index is 0.273. The number of aromatic nitrogens is 4. The lowest BCUT2D eigenvalue weighted by Gasteiger charge is -2.11. The molecule has 0 unspecified atom stereocenters.